The Morgan fingerprint density at radius 1 is 1.00 bits per heavy atom. The zero-order valence-electron chi connectivity index (χ0n) is 17.6. The van der Waals surface area contributed by atoms with Crippen molar-refractivity contribution in [3.63, 3.8) is 0 Å². The largest absolute Gasteiger partial charge is 0.490 e. The predicted molar refractivity (Wildman–Crippen MR) is 115 cm³/mol. The Hall–Kier alpha value is -3.08. The number of benzene rings is 2. The lowest BCUT2D eigenvalue weighted by Gasteiger charge is -2.18. The van der Waals surface area contributed by atoms with Crippen molar-refractivity contribution in [2.75, 3.05) is 19.7 Å². The van der Waals surface area contributed by atoms with Crippen LogP contribution in [0, 0.1) is 0 Å². The van der Waals surface area contributed by atoms with Gasteiger partial charge in [0, 0.05) is 24.2 Å². The Labute approximate surface area is 172 Å². The molecule has 29 heavy (non-hydrogen) atoms. The number of carbonyl (C=O) groups excluding carboxylic acids is 2. The highest BCUT2D eigenvalue weighted by Gasteiger charge is 2.10. The maximum atomic E-state index is 12.5. The summed E-state index contributed by atoms with van der Waals surface area (Å²) in [4.78, 5) is 26.2. The average Bonchev–Trinajstić information content (AvgIpc) is 2.72. The molecule has 0 bridgehead atoms. The van der Waals surface area contributed by atoms with Crippen molar-refractivity contribution in [2.45, 2.75) is 33.8 Å². The molecule has 0 N–H and O–H groups in total. The number of rotatable bonds is 10. The zero-order chi connectivity index (χ0) is 21.2. The van der Waals surface area contributed by atoms with Gasteiger partial charge in [-0.25, -0.2) is 0 Å². The second-order valence-electron chi connectivity index (χ2n) is 6.78. The standard InChI is InChI=1S/C24H29NO4/c1-5-25(6-2)24(27)17-28-21-14-11-19(12-15-21)22(26)16-13-20-9-7-8-10-23(20)29-18(3)4/h7-16,18H,5-6,17H2,1-4H3/b16-13+. The maximum Gasteiger partial charge on any atom is 0.260 e. The third-order valence-corrected chi connectivity index (χ3v) is 4.31. The smallest absolute Gasteiger partial charge is 0.260 e. The maximum absolute atomic E-state index is 12.5. The lowest BCUT2D eigenvalue weighted by Crippen LogP contribution is -2.34. The molecule has 0 atom stereocenters. The molecule has 0 unspecified atom stereocenters. The summed E-state index contributed by atoms with van der Waals surface area (Å²) < 4.78 is 11.3. The van der Waals surface area contributed by atoms with Gasteiger partial charge in [0.25, 0.3) is 5.91 Å². The second-order valence-corrected chi connectivity index (χ2v) is 6.78. The van der Waals surface area contributed by atoms with E-state index in [1.54, 1.807) is 35.2 Å². The normalized spacial score (nSPS) is 10.9. The van der Waals surface area contributed by atoms with Gasteiger partial charge in [-0.15, -0.1) is 0 Å². The summed E-state index contributed by atoms with van der Waals surface area (Å²) in [7, 11) is 0. The zero-order valence-corrected chi connectivity index (χ0v) is 17.6. The Morgan fingerprint density at radius 2 is 1.66 bits per heavy atom. The highest BCUT2D eigenvalue weighted by molar-refractivity contribution is 6.07. The van der Waals surface area contributed by atoms with Crippen LogP contribution in [0.3, 0.4) is 0 Å². The Morgan fingerprint density at radius 3 is 2.28 bits per heavy atom. The van der Waals surface area contributed by atoms with Gasteiger partial charge in [-0.05, 0) is 70.2 Å². The molecule has 0 heterocycles. The van der Waals surface area contributed by atoms with Gasteiger partial charge in [-0.3, -0.25) is 9.59 Å². The fraction of sp³-hybridized carbons (Fsp3) is 0.333. The Kier molecular flexibility index (Phi) is 8.46. The third-order valence-electron chi connectivity index (χ3n) is 4.31. The van der Waals surface area contributed by atoms with E-state index in [1.807, 2.05) is 52.0 Å². The minimum absolute atomic E-state index is 0.0124. The predicted octanol–water partition coefficient (Wildman–Crippen LogP) is 4.62. The SMILES string of the molecule is CCN(CC)C(=O)COc1ccc(C(=O)/C=C/c2ccccc2OC(C)C)cc1. The van der Waals surface area contributed by atoms with E-state index in [1.165, 1.54) is 6.08 Å². The third kappa shape index (κ3) is 6.79. The van der Waals surface area contributed by atoms with Crippen LogP contribution in [0.5, 0.6) is 11.5 Å². The lowest BCUT2D eigenvalue weighted by molar-refractivity contribution is -0.132. The summed E-state index contributed by atoms with van der Waals surface area (Å²) in [5, 5.41) is 0. The van der Waals surface area contributed by atoms with Gasteiger partial charge in [0.1, 0.15) is 11.5 Å². The minimum atomic E-state index is -0.116. The molecule has 0 radical (unpaired) electrons. The number of hydrogen-bond donors (Lipinski definition) is 0. The molecule has 0 spiro atoms. The number of ether oxygens (including phenoxy) is 2. The van der Waals surface area contributed by atoms with E-state index in [4.69, 9.17) is 9.47 Å². The molecule has 154 valence electrons. The molecule has 0 saturated heterocycles. The van der Waals surface area contributed by atoms with Crippen LogP contribution in [0.25, 0.3) is 6.08 Å². The summed E-state index contributed by atoms with van der Waals surface area (Å²) >= 11 is 0. The molecule has 0 saturated carbocycles. The van der Waals surface area contributed by atoms with E-state index in [0.29, 0.717) is 24.4 Å². The van der Waals surface area contributed by atoms with Crippen molar-refractivity contribution in [2.24, 2.45) is 0 Å². The number of para-hydroxylation sites is 1. The number of carbonyl (C=O) groups is 2. The Balaban J connectivity index is 1.99. The monoisotopic (exact) mass is 395 g/mol. The number of hydrogen-bond acceptors (Lipinski definition) is 4. The number of nitrogens with zero attached hydrogens (tertiary/aromatic N) is 1. The molecular weight excluding hydrogens is 366 g/mol. The van der Waals surface area contributed by atoms with Gasteiger partial charge < -0.3 is 14.4 Å². The lowest BCUT2D eigenvalue weighted by atomic mass is 10.1. The molecule has 2 aromatic rings. The summed E-state index contributed by atoms with van der Waals surface area (Å²) in [6, 6.07) is 14.4. The molecule has 2 aromatic carbocycles. The van der Waals surface area contributed by atoms with Crippen LogP contribution in [-0.2, 0) is 4.79 Å². The first kappa shape index (κ1) is 22.2. The van der Waals surface area contributed by atoms with Gasteiger partial charge in [-0.2, -0.15) is 0 Å². The van der Waals surface area contributed by atoms with Crippen molar-refractivity contribution in [3.05, 3.63) is 65.7 Å². The number of likely N-dealkylation sites (N-methyl/N-ethyl adjacent to an activating group) is 1. The van der Waals surface area contributed by atoms with Crippen molar-refractivity contribution in [1.82, 2.24) is 4.90 Å². The van der Waals surface area contributed by atoms with E-state index in [-0.39, 0.29) is 24.4 Å². The highest BCUT2D eigenvalue weighted by atomic mass is 16.5. The number of ketones is 1. The van der Waals surface area contributed by atoms with Crippen LogP contribution in [0.15, 0.2) is 54.6 Å². The topological polar surface area (TPSA) is 55.8 Å². The van der Waals surface area contributed by atoms with Gasteiger partial charge in [0.15, 0.2) is 12.4 Å². The van der Waals surface area contributed by atoms with Gasteiger partial charge in [0.2, 0.25) is 0 Å². The van der Waals surface area contributed by atoms with E-state index < -0.39 is 0 Å². The highest BCUT2D eigenvalue weighted by Crippen LogP contribution is 2.21. The van der Waals surface area contributed by atoms with Crippen LogP contribution in [0.4, 0.5) is 0 Å². The summed E-state index contributed by atoms with van der Waals surface area (Å²) in [5.41, 5.74) is 1.40. The molecule has 0 aliphatic carbocycles. The molecule has 5 heteroatoms. The summed E-state index contributed by atoms with van der Waals surface area (Å²) in [6.45, 7) is 9.09. The van der Waals surface area contributed by atoms with E-state index >= 15 is 0 Å². The molecule has 0 aromatic heterocycles. The van der Waals surface area contributed by atoms with Crippen LogP contribution in [-0.4, -0.2) is 42.4 Å². The first-order valence-electron chi connectivity index (χ1n) is 9.93. The van der Waals surface area contributed by atoms with E-state index in [9.17, 15) is 9.59 Å². The van der Waals surface area contributed by atoms with Crippen molar-refractivity contribution in [3.8, 4) is 11.5 Å². The molecule has 0 aliphatic heterocycles. The molecule has 5 nitrogen and oxygen atoms in total. The molecular formula is C24H29NO4. The molecule has 2 rings (SSSR count). The molecule has 0 aliphatic rings. The molecule has 0 fully saturated rings. The minimum Gasteiger partial charge on any atom is -0.490 e. The number of allylic oxidation sites excluding steroid dienone is 1. The van der Waals surface area contributed by atoms with Gasteiger partial charge in [-0.1, -0.05) is 18.2 Å². The van der Waals surface area contributed by atoms with Crippen molar-refractivity contribution in [1.29, 1.82) is 0 Å². The van der Waals surface area contributed by atoms with Crippen LogP contribution < -0.4 is 9.47 Å². The first-order valence-corrected chi connectivity index (χ1v) is 9.93. The van der Waals surface area contributed by atoms with Crippen molar-refractivity contribution < 1.29 is 19.1 Å². The van der Waals surface area contributed by atoms with E-state index in [0.717, 1.165) is 11.3 Å². The summed E-state index contributed by atoms with van der Waals surface area (Å²) in [6.07, 6.45) is 3.34. The second kappa shape index (κ2) is 11.1. The summed E-state index contributed by atoms with van der Waals surface area (Å²) in [5.74, 6) is 1.13. The Bertz CT molecular complexity index is 836. The van der Waals surface area contributed by atoms with Crippen molar-refractivity contribution >= 4 is 17.8 Å². The van der Waals surface area contributed by atoms with Crippen LogP contribution in [0.2, 0.25) is 0 Å². The quantitative estimate of drug-likeness (QED) is 0.435. The van der Waals surface area contributed by atoms with Crippen LogP contribution in [0.1, 0.15) is 43.6 Å². The fourth-order valence-electron chi connectivity index (χ4n) is 2.77. The molecule has 1 amide bonds. The number of amides is 1. The average molecular weight is 395 g/mol. The first-order chi connectivity index (χ1) is 13.9. The van der Waals surface area contributed by atoms with Crippen LogP contribution >= 0.6 is 0 Å². The van der Waals surface area contributed by atoms with E-state index in [2.05, 4.69) is 0 Å². The van der Waals surface area contributed by atoms with Gasteiger partial charge in [0.05, 0.1) is 6.10 Å². The van der Waals surface area contributed by atoms with Gasteiger partial charge >= 0.3 is 0 Å². The fourth-order valence-corrected chi connectivity index (χ4v) is 2.77.